The Balaban J connectivity index is 1.24. The summed E-state index contributed by atoms with van der Waals surface area (Å²) in [6.45, 7) is 0.470. The summed E-state index contributed by atoms with van der Waals surface area (Å²) in [7, 11) is 0. The van der Waals surface area contributed by atoms with Gasteiger partial charge >= 0.3 is 6.03 Å². The summed E-state index contributed by atoms with van der Waals surface area (Å²) in [5.74, 6) is 0.934. The average molecular weight is 418 g/mol. The SMILES string of the molecule is O=Cc1cccc(C(=O)CCCNC(=O)CCCC[C@@H]2SC[C@@H]3NC(=O)N[C@@H]32)c1. The molecule has 2 heterocycles. The zero-order valence-electron chi connectivity index (χ0n) is 16.3. The molecule has 2 fully saturated rings. The zero-order valence-corrected chi connectivity index (χ0v) is 17.1. The second-order valence-corrected chi connectivity index (χ2v) is 8.76. The van der Waals surface area contributed by atoms with E-state index in [1.807, 2.05) is 11.8 Å². The van der Waals surface area contributed by atoms with E-state index in [1.165, 1.54) is 0 Å². The Hall–Kier alpha value is -2.35. The fourth-order valence-corrected chi connectivity index (χ4v) is 5.31. The van der Waals surface area contributed by atoms with Gasteiger partial charge in [0.15, 0.2) is 5.78 Å². The number of carbonyl (C=O) groups excluding carboxylic acids is 4. The van der Waals surface area contributed by atoms with Crippen LogP contribution in [0.1, 0.15) is 59.2 Å². The van der Waals surface area contributed by atoms with E-state index in [0.29, 0.717) is 42.2 Å². The van der Waals surface area contributed by atoms with Crippen LogP contribution < -0.4 is 16.0 Å². The van der Waals surface area contributed by atoms with E-state index in [1.54, 1.807) is 24.3 Å². The highest BCUT2D eigenvalue weighted by Gasteiger charge is 2.42. The van der Waals surface area contributed by atoms with Crippen LogP contribution >= 0.6 is 11.8 Å². The molecule has 0 unspecified atom stereocenters. The molecule has 0 aliphatic carbocycles. The van der Waals surface area contributed by atoms with Gasteiger partial charge in [-0.25, -0.2) is 4.79 Å². The molecule has 2 aliphatic heterocycles. The van der Waals surface area contributed by atoms with Gasteiger partial charge in [0.2, 0.25) is 5.91 Å². The molecule has 0 radical (unpaired) electrons. The van der Waals surface area contributed by atoms with Crippen molar-refractivity contribution in [2.45, 2.75) is 55.9 Å². The summed E-state index contributed by atoms with van der Waals surface area (Å²) in [5, 5.41) is 9.20. The van der Waals surface area contributed by atoms with Crippen LogP contribution in [0.2, 0.25) is 0 Å². The smallest absolute Gasteiger partial charge is 0.315 e. The van der Waals surface area contributed by atoms with E-state index in [0.717, 1.165) is 31.3 Å². The first-order chi connectivity index (χ1) is 14.1. The van der Waals surface area contributed by atoms with Crippen LogP contribution in [-0.4, -0.2) is 53.6 Å². The highest BCUT2D eigenvalue weighted by Crippen LogP contribution is 2.33. The van der Waals surface area contributed by atoms with Crippen LogP contribution in [0.4, 0.5) is 4.79 Å². The lowest BCUT2D eigenvalue weighted by molar-refractivity contribution is -0.121. The van der Waals surface area contributed by atoms with Gasteiger partial charge in [-0.15, -0.1) is 0 Å². The molecule has 156 valence electrons. The van der Waals surface area contributed by atoms with Gasteiger partial charge in [0, 0.05) is 41.5 Å². The topological polar surface area (TPSA) is 104 Å². The van der Waals surface area contributed by atoms with Gasteiger partial charge in [-0.1, -0.05) is 24.6 Å². The summed E-state index contributed by atoms with van der Waals surface area (Å²) < 4.78 is 0. The largest absolute Gasteiger partial charge is 0.356 e. The van der Waals surface area contributed by atoms with Gasteiger partial charge in [-0.05, 0) is 25.3 Å². The van der Waals surface area contributed by atoms with Gasteiger partial charge in [-0.2, -0.15) is 11.8 Å². The van der Waals surface area contributed by atoms with Crippen molar-refractivity contribution in [1.29, 1.82) is 0 Å². The Bertz CT molecular complexity index is 770. The monoisotopic (exact) mass is 417 g/mol. The third kappa shape index (κ3) is 6.06. The summed E-state index contributed by atoms with van der Waals surface area (Å²) >= 11 is 1.89. The van der Waals surface area contributed by atoms with E-state index in [4.69, 9.17) is 0 Å². The van der Waals surface area contributed by atoms with Crippen LogP contribution in [-0.2, 0) is 4.79 Å². The molecule has 0 spiro atoms. The van der Waals surface area contributed by atoms with Crippen molar-refractivity contribution in [3.8, 4) is 0 Å². The predicted octanol–water partition coefficient (Wildman–Crippen LogP) is 2.30. The second kappa shape index (κ2) is 10.4. The molecule has 2 aliphatic rings. The minimum atomic E-state index is -0.0698. The Kier molecular flexibility index (Phi) is 7.69. The normalized spacial score (nSPS) is 22.5. The molecule has 0 saturated carbocycles. The summed E-state index contributed by atoms with van der Waals surface area (Å²) in [5.41, 5.74) is 1.02. The van der Waals surface area contributed by atoms with Crippen LogP contribution in [0.15, 0.2) is 24.3 Å². The molecule has 2 saturated heterocycles. The van der Waals surface area contributed by atoms with Crippen molar-refractivity contribution in [2.24, 2.45) is 0 Å². The minimum Gasteiger partial charge on any atom is -0.356 e. The quantitative estimate of drug-likeness (QED) is 0.222. The number of rotatable bonds is 11. The van der Waals surface area contributed by atoms with E-state index >= 15 is 0 Å². The number of Topliss-reactive ketones (excluding diaryl/α,β-unsaturated/α-hetero) is 1. The van der Waals surface area contributed by atoms with Crippen molar-refractivity contribution >= 4 is 35.8 Å². The summed E-state index contributed by atoms with van der Waals surface area (Å²) in [4.78, 5) is 46.2. The highest BCUT2D eigenvalue weighted by molar-refractivity contribution is 8.00. The van der Waals surface area contributed by atoms with E-state index in [-0.39, 0.29) is 29.8 Å². The van der Waals surface area contributed by atoms with Crippen molar-refractivity contribution < 1.29 is 19.2 Å². The Labute approximate surface area is 174 Å². The summed E-state index contributed by atoms with van der Waals surface area (Å²) in [6, 6.07) is 7.03. The van der Waals surface area contributed by atoms with Crippen LogP contribution in [0.5, 0.6) is 0 Å². The molecule has 0 aromatic heterocycles. The fraction of sp³-hybridized carbons (Fsp3) is 0.524. The predicted molar refractivity (Wildman–Crippen MR) is 112 cm³/mol. The lowest BCUT2D eigenvalue weighted by atomic mass is 10.0. The molecule has 3 rings (SSSR count). The van der Waals surface area contributed by atoms with Crippen molar-refractivity contribution in [3.63, 3.8) is 0 Å². The maximum absolute atomic E-state index is 12.1. The molecule has 3 N–H and O–H groups in total. The number of urea groups is 1. The lowest BCUT2D eigenvalue weighted by Gasteiger charge is -2.16. The number of carbonyl (C=O) groups is 4. The standard InChI is InChI=1S/C21H27N3O4S/c25-12-14-5-3-6-15(11-14)17(26)7-4-10-22-19(27)9-2-1-8-18-20-16(13-29-18)23-21(28)24-20/h3,5-6,11-12,16,18,20H,1-2,4,7-10,13H2,(H,22,27)(H2,23,24,28)/t16-,18-,20-/m0/s1. The van der Waals surface area contributed by atoms with E-state index < -0.39 is 0 Å². The molecular formula is C21H27N3O4S. The molecule has 1 aromatic carbocycles. The number of nitrogens with one attached hydrogen (secondary N) is 3. The molecule has 3 atom stereocenters. The molecule has 3 amide bonds. The van der Waals surface area contributed by atoms with Gasteiger partial charge in [-0.3, -0.25) is 14.4 Å². The Morgan fingerprint density at radius 2 is 2.03 bits per heavy atom. The van der Waals surface area contributed by atoms with Crippen LogP contribution in [0, 0.1) is 0 Å². The number of benzene rings is 1. The number of amides is 3. The fourth-order valence-electron chi connectivity index (χ4n) is 3.77. The molecular weight excluding hydrogens is 390 g/mol. The Morgan fingerprint density at radius 3 is 2.86 bits per heavy atom. The number of aldehydes is 1. The number of hydrogen-bond acceptors (Lipinski definition) is 5. The van der Waals surface area contributed by atoms with Gasteiger partial charge in [0.1, 0.15) is 6.29 Å². The number of thioether (sulfide) groups is 1. The molecule has 7 nitrogen and oxygen atoms in total. The van der Waals surface area contributed by atoms with Crippen LogP contribution in [0.3, 0.4) is 0 Å². The van der Waals surface area contributed by atoms with Crippen molar-refractivity contribution in [1.82, 2.24) is 16.0 Å². The number of hydrogen-bond donors (Lipinski definition) is 3. The first-order valence-corrected chi connectivity index (χ1v) is 11.2. The van der Waals surface area contributed by atoms with Gasteiger partial charge < -0.3 is 16.0 Å². The van der Waals surface area contributed by atoms with Gasteiger partial charge in [0.25, 0.3) is 0 Å². The first-order valence-electron chi connectivity index (χ1n) is 10.1. The zero-order chi connectivity index (χ0) is 20.6. The first kappa shape index (κ1) is 21.4. The second-order valence-electron chi connectivity index (χ2n) is 7.49. The van der Waals surface area contributed by atoms with Gasteiger partial charge in [0.05, 0.1) is 12.1 Å². The molecule has 0 bridgehead atoms. The number of unbranched alkanes of at least 4 members (excludes halogenated alkanes) is 1. The molecule has 1 aromatic rings. The third-order valence-electron chi connectivity index (χ3n) is 5.33. The van der Waals surface area contributed by atoms with Crippen molar-refractivity contribution in [2.75, 3.05) is 12.3 Å². The van der Waals surface area contributed by atoms with Crippen molar-refractivity contribution in [3.05, 3.63) is 35.4 Å². The maximum atomic E-state index is 12.1. The maximum Gasteiger partial charge on any atom is 0.315 e. The lowest BCUT2D eigenvalue weighted by Crippen LogP contribution is -2.36. The minimum absolute atomic E-state index is 0.00758. The Morgan fingerprint density at radius 1 is 1.17 bits per heavy atom. The van der Waals surface area contributed by atoms with Crippen LogP contribution in [0.25, 0.3) is 0 Å². The molecule has 29 heavy (non-hydrogen) atoms. The summed E-state index contributed by atoms with van der Waals surface area (Å²) in [6.07, 6.45) is 4.88. The number of ketones is 1. The third-order valence-corrected chi connectivity index (χ3v) is 6.84. The highest BCUT2D eigenvalue weighted by atomic mass is 32.2. The molecule has 8 heteroatoms. The van der Waals surface area contributed by atoms with E-state index in [2.05, 4.69) is 16.0 Å². The average Bonchev–Trinajstić information content (AvgIpc) is 3.27. The number of fused-ring (bicyclic) bond motifs is 1. The van der Waals surface area contributed by atoms with E-state index in [9.17, 15) is 19.2 Å².